The highest BCUT2D eigenvalue weighted by atomic mass is 16.6. The number of rotatable bonds is 3. The number of hydrogen-bond donors (Lipinski definition) is 1. The fraction of sp³-hybridized carbons (Fsp3) is 0.611. The summed E-state index contributed by atoms with van der Waals surface area (Å²) < 4.78 is 7.27. The van der Waals surface area contributed by atoms with E-state index in [0.29, 0.717) is 11.9 Å². The maximum Gasteiger partial charge on any atom is 0.410 e. The first kappa shape index (κ1) is 17.5. The molecule has 7 nitrogen and oxygen atoms in total. The Morgan fingerprint density at radius 3 is 2.72 bits per heavy atom. The van der Waals surface area contributed by atoms with Gasteiger partial charge in [0.25, 0.3) is 0 Å². The summed E-state index contributed by atoms with van der Waals surface area (Å²) in [6.45, 7) is 7.22. The maximum absolute atomic E-state index is 12.1. The monoisotopic (exact) mass is 345 g/mol. The number of likely N-dealkylation sites (tertiary alicyclic amines) is 1. The van der Waals surface area contributed by atoms with Gasteiger partial charge in [0, 0.05) is 18.8 Å². The minimum atomic E-state index is -0.438. The van der Waals surface area contributed by atoms with Gasteiger partial charge in [-0.1, -0.05) is 6.07 Å². The number of pyridine rings is 1. The third-order valence-corrected chi connectivity index (χ3v) is 4.53. The Balaban J connectivity index is 1.52. The number of amides is 1. The van der Waals surface area contributed by atoms with Crippen molar-refractivity contribution in [2.24, 2.45) is 5.92 Å². The number of nitrogen functional groups attached to an aromatic ring is 1. The summed E-state index contributed by atoms with van der Waals surface area (Å²) >= 11 is 0. The largest absolute Gasteiger partial charge is 0.444 e. The van der Waals surface area contributed by atoms with Crippen molar-refractivity contribution in [3.8, 4) is 0 Å². The number of anilines is 1. The molecule has 1 aliphatic heterocycles. The fourth-order valence-electron chi connectivity index (χ4n) is 3.25. The first-order valence-corrected chi connectivity index (χ1v) is 8.90. The molecule has 0 bridgehead atoms. The number of hydrogen-bond acceptors (Lipinski definition) is 5. The van der Waals surface area contributed by atoms with Gasteiger partial charge in [0.15, 0.2) is 5.65 Å². The number of nitrogens with zero attached hydrogens (tertiary/aromatic N) is 4. The average Bonchev–Trinajstić information content (AvgIpc) is 2.92. The van der Waals surface area contributed by atoms with Crippen molar-refractivity contribution >= 4 is 17.7 Å². The van der Waals surface area contributed by atoms with E-state index in [-0.39, 0.29) is 6.09 Å². The van der Waals surface area contributed by atoms with Crippen LogP contribution in [0.25, 0.3) is 5.65 Å². The Labute approximate surface area is 148 Å². The highest BCUT2D eigenvalue weighted by Crippen LogP contribution is 2.24. The molecule has 1 aliphatic rings. The van der Waals surface area contributed by atoms with Crippen LogP contribution in [0.15, 0.2) is 18.2 Å². The molecule has 3 heterocycles. The van der Waals surface area contributed by atoms with Gasteiger partial charge in [-0.05, 0) is 64.5 Å². The summed E-state index contributed by atoms with van der Waals surface area (Å²) in [5, 5.41) is 4.26. The van der Waals surface area contributed by atoms with Crippen LogP contribution < -0.4 is 5.73 Å². The van der Waals surface area contributed by atoms with E-state index in [4.69, 9.17) is 10.5 Å². The minimum absolute atomic E-state index is 0.200. The van der Waals surface area contributed by atoms with E-state index in [1.54, 1.807) is 0 Å². The van der Waals surface area contributed by atoms with Gasteiger partial charge >= 0.3 is 6.09 Å². The van der Waals surface area contributed by atoms with Crippen LogP contribution in [-0.2, 0) is 11.2 Å². The lowest BCUT2D eigenvalue weighted by molar-refractivity contribution is 0.0181. The zero-order valence-corrected chi connectivity index (χ0v) is 15.2. The summed E-state index contributed by atoms with van der Waals surface area (Å²) in [6, 6.07) is 5.97. The van der Waals surface area contributed by atoms with Crippen LogP contribution in [0, 0.1) is 5.92 Å². The molecule has 2 aromatic rings. The molecule has 0 spiro atoms. The van der Waals surface area contributed by atoms with Gasteiger partial charge in [-0.15, -0.1) is 5.10 Å². The molecule has 0 radical (unpaired) electrons. The Morgan fingerprint density at radius 1 is 1.32 bits per heavy atom. The number of carbonyl (C=O) groups is 1. The highest BCUT2D eigenvalue weighted by Gasteiger charge is 2.26. The number of piperidine rings is 1. The molecule has 136 valence electrons. The normalized spacial score (nSPS) is 16.4. The van der Waals surface area contributed by atoms with Crippen molar-refractivity contribution in [3.63, 3.8) is 0 Å². The Hall–Kier alpha value is -2.31. The molecular weight excluding hydrogens is 318 g/mol. The topological polar surface area (TPSA) is 85.8 Å². The summed E-state index contributed by atoms with van der Waals surface area (Å²) in [6.07, 6.45) is 3.82. The maximum atomic E-state index is 12.1. The first-order valence-electron chi connectivity index (χ1n) is 8.90. The van der Waals surface area contributed by atoms with Crippen molar-refractivity contribution in [2.75, 3.05) is 18.8 Å². The molecule has 25 heavy (non-hydrogen) atoms. The number of aryl methyl sites for hydroxylation is 1. The van der Waals surface area contributed by atoms with Gasteiger partial charge in [-0.3, -0.25) is 0 Å². The van der Waals surface area contributed by atoms with Gasteiger partial charge in [0.2, 0.25) is 5.95 Å². The minimum Gasteiger partial charge on any atom is -0.444 e. The zero-order valence-electron chi connectivity index (χ0n) is 15.2. The van der Waals surface area contributed by atoms with E-state index in [1.807, 2.05) is 42.3 Å². The van der Waals surface area contributed by atoms with Crippen LogP contribution in [0.3, 0.4) is 0 Å². The van der Waals surface area contributed by atoms with E-state index in [0.717, 1.165) is 50.1 Å². The van der Waals surface area contributed by atoms with Crippen LogP contribution in [0.2, 0.25) is 0 Å². The molecule has 1 fully saturated rings. The number of carbonyl (C=O) groups excluding carboxylic acids is 1. The lowest BCUT2D eigenvalue weighted by Crippen LogP contribution is -2.41. The van der Waals surface area contributed by atoms with E-state index < -0.39 is 5.60 Å². The van der Waals surface area contributed by atoms with E-state index in [9.17, 15) is 4.79 Å². The Bertz CT molecular complexity index is 741. The van der Waals surface area contributed by atoms with Gasteiger partial charge in [-0.2, -0.15) is 4.98 Å². The second-order valence-corrected chi connectivity index (χ2v) is 7.71. The van der Waals surface area contributed by atoms with Crippen LogP contribution in [-0.4, -0.2) is 44.3 Å². The molecule has 1 saturated heterocycles. The van der Waals surface area contributed by atoms with Crippen molar-refractivity contribution in [2.45, 2.75) is 52.1 Å². The number of fused-ring (bicyclic) bond motifs is 1. The summed E-state index contributed by atoms with van der Waals surface area (Å²) in [7, 11) is 0. The van der Waals surface area contributed by atoms with Crippen LogP contribution in [0.1, 0.15) is 45.7 Å². The van der Waals surface area contributed by atoms with Gasteiger partial charge in [-0.25, -0.2) is 9.31 Å². The van der Waals surface area contributed by atoms with Gasteiger partial charge in [0.1, 0.15) is 5.60 Å². The average molecular weight is 345 g/mol. The number of ether oxygens (including phenoxy) is 1. The first-order chi connectivity index (χ1) is 11.8. The van der Waals surface area contributed by atoms with Gasteiger partial charge in [0.05, 0.1) is 0 Å². The molecular formula is C18H27N5O2. The number of nitrogens with two attached hydrogens (primary N) is 1. The Kier molecular flexibility index (Phi) is 4.83. The van der Waals surface area contributed by atoms with Gasteiger partial charge < -0.3 is 15.4 Å². The number of aromatic nitrogens is 3. The second-order valence-electron chi connectivity index (χ2n) is 7.71. The third kappa shape index (κ3) is 4.41. The molecule has 0 saturated carbocycles. The van der Waals surface area contributed by atoms with E-state index in [1.165, 1.54) is 0 Å². The molecule has 3 rings (SSSR count). The SMILES string of the molecule is CC(C)(C)OC(=O)N1CCC(CCc2cccc3nc(N)nn23)CC1. The smallest absolute Gasteiger partial charge is 0.410 e. The van der Waals surface area contributed by atoms with Crippen molar-refractivity contribution in [1.29, 1.82) is 0 Å². The molecule has 0 unspecified atom stereocenters. The molecule has 0 aromatic carbocycles. The van der Waals surface area contributed by atoms with Crippen molar-refractivity contribution in [3.05, 3.63) is 23.9 Å². The summed E-state index contributed by atoms with van der Waals surface area (Å²) in [4.78, 5) is 18.1. The second kappa shape index (κ2) is 6.90. The molecule has 2 aromatic heterocycles. The molecule has 0 atom stereocenters. The lowest BCUT2D eigenvalue weighted by atomic mass is 9.91. The van der Waals surface area contributed by atoms with Crippen molar-refractivity contribution < 1.29 is 9.53 Å². The predicted molar refractivity (Wildman–Crippen MR) is 96.3 cm³/mol. The molecule has 2 N–H and O–H groups in total. The van der Waals surface area contributed by atoms with Crippen LogP contribution in [0.5, 0.6) is 0 Å². The summed E-state index contributed by atoms with van der Waals surface area (Å²) in [5.41, 5.74) is 7.16. The standard InChI is InChI=1S/C18H27N5O2/c1-18(2,3)25-17(24)22-11-9-13(10-12-22)7-8-14-5-4-6-15-20-16(19)21-23(14)15/h4-6,13H,7-12H2,1-3H3,(H2,19,21). The van der Waals surface area contributed by atoms with E-state index in [2.05, 4.69) is 16.1 Å². The molecule has 1 amide bonds. The van der Waals surface area contributed by atoms with Crippen molar-refractivity contribution in [1.82, 2.24) is 19.5 Å². The van der Waals surface area contributed by atoms with Crippen LogP contribution in [0.4, 0.5) is 10.7 Å². The molecule has 0 aliphatic carbocycles. The van der Waals surface area contributed by atoms with E-state index >= 15 is 0 Å². The predicted octanol–water partition coefficient (Wildman–Crippen LogP) is 2.89. The third-order valence-electron chi connectivity index (χ3n) is 4.53. The Morgan fingerprint density at radius 2 is 2.04 bits per heavy atom. The van der Waals surface area contributed by atoms with Crippen LogP contribution >= 0.6 is 0 Å². The zero-order chi connectivity index (χ0) is 18.0. The fourth-order valence-corrected chi connectivity index (χ4v) is 3.25. The quantitative estimate of drug-likeness (QED) is 0.924. The lowest BCUT2D eigenvalue weighted by Gasteiger charge is -2.33. The molecule has 7 heteroatoms. The highest BCUT2D eigenvalue weighted by molar-refractivity contribution is 5.68. The summed E-state index contributed by atoms with van der Waals surface area (Å²) in [5.74, 6) is 0.910.